The van der Waals surface area contributed by atoms with Gasteiger partial charge < -0.3 is 14.0 Å². The van der Waals surface area contributed by atoms with Gasteiger partial charge in [0.15, 0.2) is 4.80 Å². The number of fused-ring (bicyclic) bond motifs is 2. The number of para-hydroxylation sites is 1. The first-order valence-electron chi connectivity index (χ1n) is 11.8. The minimum Gasteiger partial charge on any atom is -0.496 e. The monoisotopic (exact) mass is 579 g/mol. The van der Waals surface area contributed by atoms with Crippen molar-refractivity contribution in [2.24, 2.45) is 12.0 Å². The molecule has 37 heavy (non-hydrogen) atoms. The number of aryl methyl sites for hydroxylation is 1. The van der Waals surface area contributed by atoms with Gasteiger partial charge >= 0.3 is 5.97 Å². The van der Waals surface area contributed by atoms with Crippen LogP contribution in [0.2, 0.25) is 0 Å². The Morgan fingerprint density at radius 1 is 1.22 bits per heavy atom. The summed E-state index contributed by atoms with van der Waals surface area (Å²) in [5, 5.41) is 1.08. The van der Waals surface area contributed by atoms with Gasteiger partial charge in [0.2, 0.25) is 0 Å². The minimum absolute atomic E-state index is 0.206. The number of ether oxygens (including phenoxy) is 2. The molecule has 0 unspecified atom stereocenters. The number of hydrogen-bond donors (Lipinski definition) is 0. The Morgan fingerprint density at radius 3 is 2.68 bits per heavy atom. The van der Waals surface area contributed by atoms with E-state index in [1.165, 1.54) is 11.3 Å². The number of hydrogen-bond acceptors (Lipinski definition) is 6. The first-order valence-corrected chi connectivity index (χ1v) is 13.4. The van der Waals surface area contributed by atoms with Crippen molar-refractivity contribution in [2.75, 3.05) is 13.7 Å². The van der Waals surface area contributed by atoms with E-state index < -0.39 is 12.0 Å². The molecule has 4 aromatic rings. The molecule has 7 nitrogen and oxygen atoms in total. The number of aromatic nitrogens is 2. The Kier molecular flexibility index (Phi) is 6.68. The Hall–Kier alpha value is -3.43. The van der Waals surface area contributed by atoms with E-state index >= 15 is 0 Å². The number of carbonyl (C=O) groups is 1. The Bertz CT molecular complexity index is 1780. The highest BCUT2D eigenvalue weighted by molar-refractivity contribution is 9.10. The number of benzene rings is 2. The zero-order valence-electron chi connectivity index (χ0n) is 21.2. The van der Waals surface area contributed by atoms with Crippen molar-refractivity contribution < 1.29 is 14.3 Å². The molecule has 1 aliphatic heterocycles. The van der Waals surface area contributed by atoms with Crippen molar-refractivity contribution in [3.8, 4) is 5.75 Å². The van der Waals surface area contributed by atoms with E-state index in [9.17, 15) is 9.59 Å². The van der Waals surface area contributed by atoms with Gasteiger partial charge in [-0.1, -0.05) is 35.6 Å². The highest BCUT2D eigenvalue weighted by Crippen LogP contribution is 2.35. The van der Waals surface area contributed by atoms with Crippen LogP contribution >= 0.6 is 27.3 Å². The average molecular weight is 581 g/mol. The van der Waals surface area contributed by atoms with Crippen molar-refractivity contribution in [2.45, 2.75) is 26.8 Å². The quantitative estimate of drug-likeness (QED) is 0.329. The van der Waals surface area contributed by atoms with E-state index in [4.69, 9.17) is 9.47 Å². The van der Waals surface area contributed by atoms with Crippen molar-refractivity contribution in [1.29, 1.82) is 0 Å². The smallest absolute Gasteiger partial charge is 0.338 e. The molecule has 0 spiro atoms. The highest BCUT2D eigenvalue weighted by atomic mass is 79.9. The van der Waals surface area contributed by atoms with Gasteiger partial charge in [-0.2, -0.15) is 0 Å². The summed E-state index contributed by atoms with van der Waals surface area (Å²) in [6.07, 6.45) is 1.94. The summed E-state index contributed by atoms with van der Waals surface area (Å²) >= 11 is 4.86. The van der Waals surface area contributed by atoms with Gasteiger partial charge in [0.05, 0.1) is 40.0 Å². The molecule has 0 saturated carbocycles. The zero-order chi connectivity index (χ0) is 26.4. The zero-order valence-corrected chi connectivity index (χ0v) is 23.6. The van der Waals surface area contributed by atoms with Gasteiger partial charge in [-0.3, -0.25) is 9.36 Å². The fourth-order valence-electron chi connectivity index (χ4n) is 4.82. The van der Waals surface area contributed by atoms with Crippen LogP contribution in [0.15, 0.2) is 68.0 Å². The topological polar surface area (TPSA) is 74.8 Å². The maximum atomic E-state index is 14.0. The first kappa shape index (κ1) is 25.2. The predicted octanol–water partition coefficient (Wildman–Crippen LogP) is 4.37. The van der Waals surface area contributed by atoms with Gasteiger partial charge in [0.1, 0.15) is 5.75 Å². The summed E-state index contributed by atoms with van der Waals surface area (Å²) in [6, 6.07) is 13.0. The van der Waals surface area contributed by atoms with E-state index in [0.29, 0.717) is 26.4 Å². The maximum Gasteiger partial charge on any atom is 0.338 e. The van der Waals surface area contributed by atoms with Crippen molar-refractivity contribution in [3.05, 3.63) is 94.7 Å². The SMILES string of the molecule is CCOC(=O)C1=C(C)N=c2s/c(=C\c3c(C)n(C)c4ccccc34)c(=O)n2[C@H]1c1ccc(OC)c(Br)c1. The summed E-state index contributed by atoms with van der Waals surface area (Å²) in [5.74, 6) is 0.167. The van der Waals surface area contributed by atoms with Crippen molar-refractivity contribution in [1.82, 2.24) is 9.13 Å². The summed E-state index contributed by atoms with van der Waals surface area (Å²) in [7, 11) is 3.61. The number of nitrogens with zero attached hydrogens (tertiary/aromatic N) is 3. The third-order valence-corrected chi connectivity index (χ3v) is 8.34. The second-order valence-electron chi connectivity index (χ2n) is 8.77. The molecule has 0 bridgehead atoms. The summed E-state index contributed by atoms with van der Waals surface area (Å²) in [5.41, 5.74) is 4.57. The van der Waals surface area contributed by atoms with Gasteiger partial charge in [0, 0.05) is 29.2 Å². The van der Waals surface area contributed by atoms with Crippen LogP contribution < -0.4 is 19.6 Å². The molecule has 0 fully saturated rings. The van der Waals surface area contributed by atoms with Crippen LogP contribution in [0.4, 0.5) is 0 Å². The lowest BCUT2D eigenvalue weighted by Crippen LogP contribution is -2.40. The first-order chi connectivity index (χ1) is 17.8. The third-order valence-electron chi connectivity index (χ3n) is 6.73. The van der Waals surface area contributed by atoms with Gasteiger partial charge in [-0.25, -0.2) is 9.79 Å². The highest BCUT2D eigenvalue weighted by Gasteiger charge is 2.33. The van der Waals surface area contributed by atoms with E-state index in [-0.39, 0.29) is 12.2 Å². The van der Waals surface area contributed by atoms with Crippen LogP contribution in [0.5, 0.6) is 5.75 Å². The van der Waals surface area contributed by atoms with Crippen LogP contribution in [-0.2, 0) is 16.6 Å². The normalized spacial score (nSPS) is 15.6. The largest absolute Gasteiger partial charge is 0.496 e. The molecule has 5 rings (SSSR count). The molecule has 3 heterocycles. The van der Waals surface area contributed by atoms with E-state index in [1.54, 1.807) is 25.5 Å². The molecule has 190 valence electrons. The van der Waals surface area contributed by atoms with Gasteiger partial charge in [-0.05, 0) is 66.5 Å². The van der Waals surface area contributed by atoms with Crippen LogP contribution in [0, 0.1) is 6.92 Å². The van der Waals surface area contributed by atoms with Crippen LogP contribution in [0.1, 0.15) is 36.7 Å². The standard InChI is InChI=1S/C28H26BrN3O4S/c1-6-36-27(34)24-15(2)30-28-32(25(24)17-11-12-22(35-5)20(29)13-17)26(33)23(37-28)14-19-16(3)31(4)21-10-8-7-9-18(19)21/h7-14,25H,6H2,1-5H3/b23-14-/t25-/m0/s1. The van der Waals surface area contributed by atoms with Crippen LogP contribution in [0.3, 0.4) is 0 Å². The average Bonchev–Trinajstić information content (AvgIpc) is 3.31. The minimum atomic E-state index is -0.687. The number of halogens is 1. The molecule has 2 aromatic carbocycles. The molecule has 0 aliphatic carbocycles. The number of rotatable bonds is 5. The maximum absolute atomic E-state index is 14.0. The second kappa shape index (κ2) is 9.79. The number of methoxy groups -OCH3 is 1. The molecule has 1 atom stereocenters. The fraction of sp³-hybridized carbons (Fsp3) is 0.250. The molecular formula is C28H26BrN3O4S. The Labute approximate surface area is 226 Å². The van der Waals surface area contributed by atoms with E-state index in [2.05, 4.69) is 37.6 Å². The molecule has 0 saturated heterocycles. The Morgan fingerprint density at radius 2 is 1.97 bits per heavy atom. The van der Waals surface area contributed by atoms with Crippen molar-refractivity contribution in [3.63, 3.8) is 0 Å². The lowest BCUT2D eigenvalue weighted by Gasteiger charge is -2.25. The number of thiazole rings is 1. The molecule has 9 heteroatoms. The van der Waals surface area contributed by atoms with Crippen molar-refractivity contribution >= 4 is 50.2 Å². The lowest BCUT2D eigenvalue weighted by atomic mass is 9.96. The third kappa shape index (κ3) is 4.16. The Balaban J connectivity index is 1.78. The number of carbonyl (C=O) groups excluding carboxylic acids is 1. The van der Waals surface area contributed by atoms with Crippen LogP contribution in [0.25, 0.3) is 17.0 Å². The molecule has 2 aromatic heterocycles. The van der Waals surface area contributed by atoms with E-state index in [1.807, 2.05) is 50.4 Å². The van der Waals surface area contributed by atoms with Gasteiger partial charge in [0.25, 0.3) is 5.56 Å². The molecule has 0 N–H and O–H groups in total. The number of esters is 1. The summed E-state index contributed by atoms with van der Waals surface area (Å²) in [6.45, 7) is 5.81. The second-order valence-corrected chi connectivity index (χ2v) is 10.6. The fourth-order valence-corrected chi connectivity index (χ4v) is 6.41. The number of allylic oxidation sites excluding steroid dienone is 1. The van der Waals surface area contributed by atoms with Gasteiger partial charge in [-0.15, -0.1) is 0 Å². The molecule has 1 aliphatic rings. The van der Waals surface area contributed by atoms with E-state index in [0.717, 1.165) is 32.2 Å². The predicted molar refractivity (Wildman–Crippen MR) is 149 cm³/mol. The summed E-state index contributed by atoms with van der Waals surface area (Å²) < 4.78 is 15.8. The molecule has 0 radical (unpaired) electrons. The summed E-state index contributed by atoms with van der Waals surface area (Å²) in [4.78, 5) is 32.3. The molecular weight excluding hydrogens is 554 g/mol. The lowest BCUT2D eigenvalue weighted by molar-refractivity contribution is -0.139. The molecule has 0 amide bonds. The van der Waals surface area contributed by atoms with Crippen LogP contribution in [-0.4, -0.2) is 28.8 Å².